The van der Waals surface area contributed by atoms with Crippen LogP contribution in [-0.4, -0.2) is 38.7 Å². The maximum atomic E-state index is 12.8. The Labute approximate surface area is 168 Å². The summed E-state index contributed by atoms with van der Waals surface area (Å²) in [5.41, 5.74) is 1.86. The van der Waals surface area contributed by atoms with Crippen molar-refractivity contribution >= 4 is 21.6 Å². The fourth-order valence-electron chi connectivity index (χ4n) is 3.55. The molecule has 6 heteroatoms. The average molecular weight is 396 g/mol. The highest BCUT2D eigenvalue weighted by Crippen LogP contribution is 2.31. The summed E-state index contributed by atoms with van der Waals surface area (Å²) in [5, 5.41) is 12.9. The van der Waals surface area contributed by atoms with E-state index in [0.717, 1.165) is 35.2 Å². The van der Waals surface area contributed by atoms with Gasteiger partial charge in [-0.15, -0.1) is 17.9 Å². The van der Waals surface area contributed by atoms with Crippen LogP contribution in [0.25, 0.3) is 21.3 Å². The zero-order valence-corrected chi connectivity index (χ0v) is 16.6. The van der Waals surface area contributed by atoms with E-state index in [9.17, 15) is 9.90 Å². The summed E-state index contributed by atoms with van der Waals surface area (Å²) >= 11 is 1.50. The van der Waals surface area contributed by atoms with Crippen LogP contribution in [0.5, 0.6) is 0 Å². The highest BCUT2D eigenvalue weighted by atomic mass is 32.1. The van der Waals surface area contributed by atoms with Crippen LogP contribution >= 0.6 is 11.3 Å². The average Bonchev–Trinajstić information content (AvgIpc) is 3.46. The summed E-state index contributed by atoms with van der Waals surface area (Å²) in [6.07, 6.45) is 5.23. The van der Waals surface area contributed by atoms with Gasteiger partial charge < -0.3 is 10.1 Å². The molecule has 1 unspecified atom stereocenters. The molecule has 0 amide bonds. The molecule has 1 fully saturated rings. The number of hydrogen-bond acceptors (Lipinski definition) is 5. The number of aliphatic hydroxyl groups excluding tert-OH is 1. The van der Waals surface area contributed by atoms with Crippen molar-refractivity contribution in [2.45, 2.75) is 44.4 Å². The van der Waals surface area contributed by atoms with Crippen LogP contribution in [0.4, 0.5) is 0 Å². The van der Waals surface area contributed by atoms with Crippen LogP contribution in [0, 0.1) is 0 Å². The van der Waals surface area contributed by atoms with Crippen molar-refractivity contribution in [1.29, 1.82) is 0 Å². The molecule has 0 radical (unpaired) electrons. The standard InChI is InChI=1S/C22H25N3O2S/c1-2-3-9-17(26)12-25(16-10-11-16)13-19-23-21(27)20-18(14-28-22(20)24-19)15-7-5-4-6-8-15/h2,4-8,14,16-17,26H,1,3,9-13H2,(H,23,24,27). The molecule has 5 nitrogen and oxygen atoms in total. The van der Waals surface area contributed by atoms with Crippen molar-refractivity contribution < 1.29 is 5.11 Å². The van der Waals surface area contributed by atoms with Gasteiger partial charge in [0.2, 0.25) is 0 Å². The Morgan fingerprint density at radius 3 is 2.86 bits per heavy atom. The Bertz CT molecular complexity index is 1010. The van der Waals surface area contributed by atoms with Gasteiger partial charge in [-0.2, -0.15) is 0 Å². The lowest BCUT2D eigenvalue weighted by molar-refractivity contribution is 0.0966. The molecule has 1 aromatic carbocycles. The van der Waals surface area contributed by atoms with Crippen molar-refractivity contribution in [2.75, 3.05) is 6.54 Å². The Morgan fingerprint density at radius 1 is 1.36 bits per heavy atom. The van der Waals surface area contributed by atoms with Gasteiger partial charge >= 0.3 is 0 Å². The zero-order chi connectivity index (χ0) is 19.5. The largest absolute Gasteiger partial charge is 0.392 e. The van der Waals surface area contributed by atoms with E-state index < -0.39 is 0 Å². The maximum absolute atomic E-state index is 12.8. The van der Waals surface area contributed by atoms with Crippen molar-refractivity contribution in [3.8, 4) is 11.1 Å². The molecule has 0 saturated heterocycles. The summed E-state index contributed by atoms with van der Waals surface area (Å²) in [6.45, 7) is 4.87. The summed E-state index contributed by atoms with van der Waals surface area (Å²) in [7, 11) is 0. The molecule has 146 valence electrons. The van der Waals surface area contributed by atoms with Crippen molar-refractivity contribution in [3.05, 3.63) is 64.5 Å². The number of thiophene rings is 1. The van der Waals surface area contributed by atoms with Gasteiger partial charge in [-0.3, -0.25) is 9.69 Å². The Hall–Kier alpha value is -2.28. The predicted molar refractivity (Wildman–Crippen MR) is 115 cm³/mol. The van der Waals surface area contributed by atoms with E-state index in [1.807, 2.05) is 41.8 Å². The van der Waals surface area contributed by atoms with Crippen LogP contribution in [-0.2, 0) is 6.54 Å². The third kappa shape index (κ3) is 4.24. The number of aromatic amines is 1. The fourth-order valence-corrected chi connectivity index (χ4v) is 4.51. The van der Waals surface area contributed by atoms with E-state index in [1.165, 1.54) is 11.3 Å². The van der Waals surface area contributed by atoms with Crippen molar-refractivity contribution in [3.63, 3.8) is 0 Å². The number of allylic oxidation sites excluding steroid dienone is 1. The number of H-pyrrole nitrogens is 1. The molecule has 1 aliphatic rings. The smallest absolute Gasteiger partial charge is 0.260 e. The Morgan fingerprint density at radius 2 is 2.14 bits per heavy atom. The highest BCUT2D eigenvalue weighted by molar-refractivity contribution is 7.17. The molecule has 28 heavy (non-hydrogen) atoms. The van der Waals surface area contributed by atoms with Crippen LogP contribution < -0.4 is 5.56 Å². The molecule has 1 saturated carbocycles. The first-order valence-electron chi connectivity index (χ1n) is 9.74. The van der Waals surface area contributed by atoms with E-state index in [-0.39, 0.29) is 11.7 Å². The van der Waals surface area contributed by atoms with Crippen LogP contribution in [0.15, 0.2) is 53.2 Å². The second kappa shape index (κ2) is 8.39. The first kappa shape index (κ1) is 19.1. The minimum atomic E-state index is -0.388. The van der Waals surface area contributed by atoms with E-state index in [2.05, 4.69) is 16.5 Å². The number of aliphatic hydroxyl groups is 1. The molecule has 1 atom stereocenters. The van der Waals surface area contributed by atoms with Gasteiger partial charge in [0.1, 0.15) is 10.7 Å². The SMILES string of the molecule is C=CCCC(O)CN(Cc1nc2scc(-c3ccccc3)c2c(=O)[nH]1)C1CC1. The normalized spacial score (nSPS) is 15.2. The van der Waals surface area contributed by atoms with E-state index in [1.54, 1.807) is 0 Å². The molecule has 0 spiro atoms. The van der Waals surface area contributed by atoms with Gasteiger partial charge in [0.05, 0.1) is 18.0 Å². The van der Waals surface area contributed by atoms with Gasteiger partial charge in [-0.05, 0) is 31.2 Å². The molecule has 4 rings (SSSR count). The number of hydrogen-bond donors (Lipinski definition) is 2. The lowest BCUT2D eigenvalue weighted by atomic mass is 10.1. The molecule has 3 aromatic rings. The van der Waals surface area contributed by atoms with Gasteiger partial charge in [0.25, 0.3) is 5.56 Å². The molecule has 0 aliphatic heterocycles. The van der Waals surface area contributed by atoms with Crippen LogP contribution in [0.2, 0.25) is 0 Å². The van der Waals surface area contributed by atoms with E-state index >= 15 is 0 Å². The van der Waals surface area contributed by atoms with Gasteiger partial charge in [0, 0.05) is 23.5 Å². The van der Waals surface area contributed by atoms with Gasteiger partial charge in [-0.1, -0.05) is 36.4 Å². The van der Waals surface area contributed by atoms with Crippen LogP contribution in [0.3, 0.4) is 0 Å². The highest BCUT2D eigenvalue weighted by Gasteiger charge is 2.30. The topological polar surface area (TPSA) is 69.2 Å². The van der Waals surface area contributed by atoms with E-state index in [4.69, 9.17) is 4.98 Å². The zero-order valence-electron chi connectivity index (χ0n) is 15.8. The van der Waals surface area contributed by atoms with E-state index in [0.29, 0.717) is 36.8 Å². The maximum Gasteiger partial charge on any atom is 0.260 e. The fraction of sp³-hybridized carbons (Fsp3) is 0.364. The Balaban J connectivity index is 1.57. The number of rotatable bonds is 9. The molecule has 2 heterocycles. The van der Waals surface area contributed by atoms with Gasteiger partial charge in [0.15, 0.2) is 0 Å². The third-order valence-corrected chi connectivity index (χ3v) is 6.02. The Kier molecular flexibility index (Phi) is 5.71. The molecular formula is C22H25N3O2S. The molecular weight excluding hydrogens is 370 g/mol. The number of fused-ring (bicyclic) bond motifs is 1. The van der Waals surface area contributed by atoms with Gasteiger partial charge in [-0.25, -0.2) is 4.98 Å². The molecule has 0 bridgehead atoms. The van der Waals surface area contributed by atoms with Crippen molar-refractivity contribution in [2.24, 2.45) is 0 Å². The predicted octanol–water partition coefficient (Wildman–Crippen LogP) is 3.94. The lowest BCUT2D eigenvalue weighted by Crippen LogP contribution is -2.35. The monoisotopic (exact) mass is 395 g/mol. The second-order valence-electron chi connectivity index (χ2n) is 7.39. The summed E-state index contributed by atoms with van der Waals surface area (Å²) in [4.78, 5) is 23.5. The number of nitrogens with one attached hydrogen (secondary N) is 1. The third-order valence-electron chi connectivity index (χ3n) is 5.14. The molecule has 2 N–H and O–H groups in total. The second-order valence-corrected chi connectivity index (χ2v) is 8.25. The first-order valence-corrected chi connectivity index (χ1v) is 10.6. The summed E-state index contributed by atoms with van der Waals surface area (Å²) in [5.74, 6) is 0.668. The molecule has 2 aromatic heterocycles. The first-order chi connectivity index (χ1) is 13.7. The summed E-state index contributed by atoms with van der Waals surface area (Å²) < 4.78 is 0. The lowest BCUT2D eigenvalue weighted by Gasteiger charge is -2.24. The summed E-state index contributed by atoms with van der Waals surface area (Å²) in [6, 6.07) is 10.4. The minimum absolute atomic E-state index is 0.0944. The van der Waals surface area contributed by atoms with Crippen LogP contribution in [0.1, 0.15) is 31.5 Å². The minimum Gasteiger partial charge on any atom is -0.392 e. The van der Waals surface area contributed by atoms with Crippen molar-refractivity contribution in [1.82, 2.24) is 14.9 Å². The molecule has 1 aliphatic carbocycles. The number of nitrogens with zero attached hydrogens (tertiary/aromatic N) is 2. The number of benzene rings is 1. The quantitative estimate of drug-likeness (QED) is 0.539. The number of aromatic nitrogens is 2.